The quantitative estimate of drug-likeness (QED) is 0.0162. The topological polar surface area (TPSA) is 121 Å². The van der Waals surface area contributed by atoms with Gasteiger partial charge in [0.05, 0.1) is 40.0 Å². The van der Waals surface area contributed by atoms with Crippen LogP contribution in [0.2, 0.25) is 0 Å². The van der Waals surface area contributed by atoms with Gasteiger partial charge in [0, 0.05) is 12.8 Å². The van der Waals surface area contributed by atoms with Crippen LogP contribution in [0.15, 0.2) is 24.3 Å². The number of quaternary nitrogens is 1. The third kappa shape index (κ3) is 34.2. The number of esters is 2. The summed E-state index contributed by atoms with van der Waals surface area (Å²) < 4.78 is 40.0. The molecule has 0 bridgehead atoms. The fraction of sp³-hybridized carbons (Fsp3) is 0.864. The van der Waals surface area contributed by atoms with Crippen LogP contribution < -0.4 is 0 Å². The van der Waals surface area contributed by atoms with Crippen molar-refractivity contribution in [3.63, 3.8) is 0 Å². The summed E-state index contributed by atoms with van der Waals surface area (Å²) in [6, 6.07) is 0. The van der Waals surface area contributed by atoms with Crippen molar-refractivity contribution in [1.82, 2.24) is 0 Å². The second-order valence-corrected chi connectivity index (χ2v) is 17.9. The molecule has 1 saturated heterocycles. The second-order valence-electron chi connectivity index (χ2n) is 16.5. The molecule has 1 fully saturated rings. The summed E-state index contributed by atoms with van der Waals surface area (Å²) in [6.07, 6.45) is 36.7. The van der Waals surface area contributed by atoms with Gasteiger partial charge in [-0.25, -0.2) is 4.57 Å². The molecule has 0 saturated carbocycles. The minimum atomic E-state index is -4.38. The highest BCUT2D eigenvalue weighted by molar-refractivity contribution is 7.47. The van der Waals surface area contributed by atoms with Gasteiger partial charge < -0.3 is 23.6 Å². The van der Waals surface area contributed by atoms with Gasteiger partial charge in [0.2, 0.25) is 0 Å². The molecule has 0 amide bonds. The van der Waals surface area contributed by atoms with Crippen LogP contribution in [0, 0.1) is 0 Å². The maximum absolute atomic E-state index is 12.7. The zero-order chi connectivity index (χ0) is 40.5. The zero-order valence-corrected chi connectivity index (χ0v) is 36.8. The normalized spacial score (nSPS) is 17.5. The lowest BCUT2D eigenvalue weighted by molar-refractivity contribution is -0.870. The molecule has 55 heavy (non-hydrogen) atoms. The Bertz CT molecular complexity index is 1060. The van der Waals surface area contributed by atoms with Crippen molar-refractivity contribution in [2.45, 2.75) is 199 Å². The molecule has 0 aromatic carbocycles. The van der Waals surface area contributed by atoms with Crippen LogP contribution in [-0.2, 0) is 37.4 Å². The number of ether oxygens (including phenoxy) is 3. The number of unbranched alkanes of at least 4 members (excludes halogenated alkanes) is 18. The van der Waals surface area contributed by atoms with Gasteiger partial charge in [-0.3, -0.25) is 18.6 Å². The molecule has 1 heterocycles. The lowest BCUT2D eigenvalue weighted by atomic mass is 10.1. The summed E-state index contributed by atoms with van der Waals surface area (Å²) in [4.78, 5) is 35.4. The number of carbonyl (C=O) groups excluding carboxylic acids is 2. The van der Waals surface area contributed by atoms with Gasteiger partial charge in [0.15, 0.2) is 6.10 Å². The maximum Gasteiger partial charge on any atom is 0.472 e. The van der Waals surface area contributed by atoms with Crippen LogP contribution in [0.5, 0.6) is 0 Å². The summed E-state index contributed by atoms with van der Waals surface area (Å²) in [5.41, 5.74) is 0. The number of phosphoric acid groups is 1. The van der Waals surface area contributed by atoms with E-state index in [0.29, 0.717) is 29.7 Å². The van der Waals surface area contributed by atoms with E-state index in [-0.39, 0.29) is 32.0 Å². The van der Waals surface area contributed by atoms with Gasteiger partial charge in [-0.15, -0.1) is 0 Å². The Balaban J connectivity index is 2.28. The fourth-order valence-corrected chi connectivity index (χ4v) is 6.99. The molecule has 0 spiro atoms. The van der Waals surface area contributed by atoms with Crippen molar-refractivity contribution in [1.29, 1.82) is 0 Å². The lowest BCUT2D eigenvalue weighted by Crippen LogP contribution is -2.37. The SMILES string of the molecule is CCCCCCCC/C=C\CCCCCCCC(=O)OCC(COP(=O)(O)OCC[N+](C)(C)C)OC(=O)CCCCCCC/C=C\CC1OC1CCCCC. The number of hydrogen-bond donors (Lipinski definition) is 1. The Morgan fingerprint density at radius 2 is 1.16 bits per heavy atom. The molecule has 4 atom stereocenters. The van der Waals surface area contributed by atoms with Crippen LogP contribution >= 0.6 is 7.82 Å². The first kappa shape index (κ1) is 51.5. The standard InChI is InChI=1S/C44H82NO9P/c1-6-8-10-11-12-13-14-15-16-17-18-19-23-26-30-34-43(46)50-38-40(39-52-55(48,49)51-37-36-45(3,4)5)53-44(47)35-31-27-24-21-20-22-25-29-33-42-41(54-42)32-28-9-7-2/h15-16,25,29,40-42H,6-14,17-24,26-28,30-39H2,1-5H3/p+1/b16-15-,29-25-. The van der Waals surface area contributed by atoms with Gasteiger partial charge in [-0.2, -0.15) is 0 Å². The smallest absolute Gasteiger partial charge is 0.462 e. The number of allylic oxidation sites excluding steroid dienone is 3. The minimum Gasteiger partial charge on any atom is -0.462 e. The molecule has 0 radical (unpaired) electrons. The summed E-state index contributed by atoms with van der Waals surface area (Å²) in [7, 11) is 1.46. The van der Waals surface area contributed by atoms with Crippen molar-refractivity contribution in [3.8, 4) is 0 Å². The molecule has 322 valence electrons. The van der Waals surface area contributed by atoms with E-state index in [1.807, 2.05) is 21.1 Å². The largest absolute Gasteiger partial charge is 0.472 e. The Kier molecular flexibility index (Phi) is 31.3. The van der Waals surface area contributed by atoms with Crippen molar-refractivity contribution in [2.75, 3.05) is 47.5 Å². The molecule has 11 heteroatoms. The minimum absolute atomic E-state index is 0.0258. The van der Waals surface area contributed by atoms with E-state index in [9.17, 15) is 19.0 Å². The number of nitrogens with zero attached hydrogens (tertiary/aromatic N) is 1. The number of likely N-dealkylation sites (N-methyl/N-ethyl adjacent to an activating group) is 1. The molecule has 1 rings (SSSR count). The first-order valence-corrected chi connectivity index (χ1v) is 23.7. The Morgan fingerprint density at radius 1 is 0.655 bits per heavy atom. The highest BCUT2D eigenvalue weighted by atomic mass is 31.2. The molecule has 0 aromatic rings. The second kappa shape index (κ2) is 33.4. The maximum atomic E-state index is 12.7. The molecule has 0 aliphatic carbocycles. The van der Waals surface area contributed by atoms with E-state index in [1.54, 1.807) is 0 Å². The van der Waals surface area contributed by atoms with Gasteiger partial charge in [-0.1, -0.05) is 128 Å². The average Bonchev–Trinajstić information content (AvgIpc) is 3.89. The van der Waals surface area contributed by atoms with Gasteiger partial charge in [0.25, 0.3) is 0 Å². The van der Waals surface area contributed by atoms with Crippen LogP contribution in [0.1, 0.15) is 181 Å². The Labute approximate surface area is 336 Å². The fourth-order valence-electron chi connectivity index (χ4n) is 6.25. The van der Waals surface area contributed by atoms with E-state index in [2.05, 4.69) is 38.2 Å². The Hall–Kier alpha value is -1.55. The molecule has 1 aliphatic rings. The summed E-state index contributed by atoms with van der Waals surface area (Å²) >= 11 is 0. The number of carbonyl (C=O) groups is 2. The Morgan fingerprint density at radius 3 is 1.75 bits per heavy atom. The lowest BCUT2D eigenvalue weighted by Gasteiger charge is -2.24. The molecule has 0 aromatic heterocycles. The molecular weight excluding hydrogens is 717 g/mol. The van der Waals surface area contributed by atoms with E-state index in [1.165, 1.54) is 70.6 Å². The van der Waals surface area contributed by atoms with E-state index < -0.39 is 26.5 Å². The predicted molar refractivity (Wildman–Crippen MR) is 224 cm³/mol. The molecular formula is C44H83NO9P+. The van der Waals surface area contributed by atoms with Crippen LogP contribution in [0.4, 0.5) is 0 Å². The van der Waals surface area contributed by atoms with E-state index >= 15 is 0 Å². The third-order valence-corrected chi connectivity index (χ3v) is 10.9. The number of phosphoric ester groups is 1. The van der Waals surface area contributed by atoms with Crippen molar-refractivity contribution in [3.05, 3.63) is 24.3 Å². The van der Waals surface area contributed by atoms with Crippen LogP contribution in [0.25, 0.3) is 0 Å². The third-order valence-electron chi connectivity index (χ3n) is 9.88. The van der Waals surface area contributed by atoms with Crippen LogP contribution in [0.3, 0.4) is 0 Å². The highest BCUT2D eigenvalue weighted by Crippen LogP contribution is 2.43. The first-order chi connectivity index (χ1) is 26.5. The number of epoxide rings is 1. The molecule has 1 aliphatic heterocycles. The highest BCUT2D eigenvalue weighted by Gasteiger charge is 2.36. The van der Waals surface area contributed by atoms with Crippen molar-refractivity contribution >= 4 is 19.8 Å². The van der Waals surface area contributed by atoms with E-state index in [0.717, 1.165) is 77.0 Å². The molecule has 4 unspecified atom stereocenters. The average molecular weight is 801 g/mol. The van der Waals surface area contributed by atoms with Gasteiger partial charge in [0.1, 0.15) is 19.8 Å². The monoisotopic (exact) mass is 801 g/mol. The zero-order valence-electron chi connectivity index (χ0n) is 35.9. The van der Waals surface area contributed by atoms with Crippen molar-refractivity contribution < 1.29 is 46.8 Å². The van der Waals surface area contributed by atoms with E-state index in [4.69, 9.17) is 23.3 Å². The molecule has 1 N–H and O–H groups in total. The van der Waals surface area contributed by atoms with Gasteiger partial charge in [-0.05, 0) is 64.2 Å². The number of rotatable bonds is 39. The summed E-state index contributed by atoms with van der Waals surface area (Å²) in [6.45, 7) is 4.35. The summed E-state index contributed by atoms with van der Waals surface area (Å²) in [5, 5.41) is 0. The molecule has 10 nitrogen and oxygen atoms in total. The van der Waals surface area contributed by atoms with Crippen molar-refractivity contribution in [2.24, 2.45) is 0 Å². The summed E-state index contributed by atoms with van der Waals surface area (Å²) in [5.74, 6) is -0.828. The number of hydrogen-bond acceptors (Lipinski definition) is 8. The predicted octanol–water partition coefficient (Wildman–Crippen LogP) is 11.3. The van der Waals surface area contributed by atoms with Gasteiger partial charge >= 0.3 is 19.8 Å². The van der Waals surface area contributed by atoms with Crippen LogP contribution in [-0.4, -0.2) is 87.1 Å². The first-order valence-electron chi connectivity index (χ1n) is 22.2.